The molecule has 1 unspecified atom stereocenters. The minimum atomic E-state index is 0.963. The maximum absolute atomic E-state index is 2.49. The monoisotopic (exact) mass is 420 g/mol. The maximum atomic E-state index is 2.49. The minimum absolute atomic E-state index is 0.963. The van der Waals surface area contributed by atoms with E-state index in [1.807, 2.05) is 0 Å². The third-order valence-electron chi connectivity index (χ3n) is 6.85. The molecule has 0 spiro atoms. The lowest BCUT2D eigenvalue weighted by atomic mass is 9.95. The Hall–Kier alpha value is -0.260. The Balaban J connectivity index is 3.14. The largest absolute Gasteiger partial charge is 0.0917 e. The average molecular weight is 421 g/mol. The van der Waals surface area contributed by atoms with Gasteiger partial charge in [-0.15, -0.1) is 0 Å². The van der Waals surface area contributed by atoms with Gasteiger partial charge in [0.1, 0.15) is 0 Å². The summed E-state index contributed by atoms with van der Waals surface area (Å²) in [5, 5.41) is 0. The summed E-state index contributed by atoms with van der Waals surface area (Å²) >= 11 is 0. The summed E-state index contributed by atoms with van der Waals surface area (Å²) in [6.45, 7) is 6.92. The van der Waals surface area contributed by atoms with Gasteiger partial charge in [-0.3, -0.25) is 0 Å². The fraction of sp³-hybridized carbons (Fsp3) is 0.933. The van der Waals surface area contributed by atoms with Crippen LogP contribution in [0.1, 0.15) is 175 Å². The first-order valence-electron chi connectivity index (χ1n) is 14.4. The minimum Gasteiger partial charge on any atom is -0.0917 e. The molecule has 1 atom stereocenters. The van der Waals surface area contributed by atoms with E-state index in [9.17, 15) is 0 Å². The van der Waals surface area contributed by atoms with Crippen molar-refractivity contribution in [3.8, 4) is 0 Å². The highest BCUT2D eigenvalue weighted by molar-refractivity contribution is 4.76. The Morgan fingerprint density at radius 3 is 1.17 bits per heavy atom. The Labute approximate surface area is 193 Å². The summed E-state index contributed by atoms with van der Waals surface area (Å²) in [6, 6.07) is 0. The number of hydrogen-bond donors (Lipinski definition) is 0. The summed E-state index contributed by atoms with van der Waals surface area (Å²) < 4.78 is 0. The molecule has 0 fully saturated rings. The smallest absolute Gasteiger partial charge is 0.0351 e. The fourth-order valence-corrected chi connectivity index (χ4v) is 4.64. The van der Waals surface area contributed by atoms with Gasteiger partial charge in [-0.05, 0) is 25.7 Å². The van der Waals surface area contributed by atoms with Crippen molar-refractivity contribution >= 4 is 0 Å². The molecule has 0 aromatic carbocycles. The lowest BCUT2D eigenvalue weighted by Crippen LogP contribution is -1.95. The van der Waals surface area contributed by atoms with Crippen LogP contribution in [0.3, 0.4) is 0 Å². The lowest BCUT2D eigenvalue weighted by Gasteiger charge is -2.11. The predicted octanol–water partition coefficient (Wildman–Crippen LogP) is 11.6. The van der Waals surface area contributed by atoms with Crippen LogP contribution in [0.25, 0.3) is 0 Å². The number of unbranched alkanes of at least 4 members (excludes halogenated alkanes) is 20. The van der Waals surface area contributed by atoms with Crippen LogP contribution >= 0.6 is 0 Å². The topological polar surface area (TPSA) is 0 Å². The van der Waals surface area contributed by atoms with Crippen LogP contribution in [0.15, 0.2) is 12.2 Å². The molecule has 0 heteroatoms. The highest BCUT2D eigenvalue weighted by atomic mass is 14.1. The van der Waals surface area contributed by atoms with Crippen LogP contribution in [-0.2, 0) is 0 Å². The van der Waals surface area contributed by atoms with Gasteiger partial charge in [0.25, 0.3) is 0 Å². The third kappa shape index (κ3) is 25.8. The molecule has 0 radical (unpaired) electrons. The van der Waals surface area contributed by atoms with Gasteiger partial charge in [-0.1, -0.05) is 167 Å². The first kappa shape index (κ1) is 29.7. The van der Waals surface area contributed by atoms with Gasteiger partial charge in [-0.2, -0.15) is 0 Å². The summed E-state index contributed by atoms with van der Waals surface area (Å²) in [5.74, 6) is 0.963. The van der Waals surface area contributed by atoms with E-state index in [0.29, 0.717) is 0 Å². The van der Waals surface area contributed by atoms with Gasteiger partial charge >= 0.3 is 0 Å². The Kier molecular flexibility index (Phi) is 26.5. The lowest BCUT2D eigenvalue weighted by molar-refractivity contribution is 0.430. The Morgan fingerprint density at radius 1 is 0.467 bits per heavy atom. The molecule has 0 rings (SSSR count). The van der Waals surface area contributed by atoms with Gasteiger partial charge in [0, 0.05) is 0 Å². The van der Waals surface area contributed by atoms with Gasteiger partial charge in [0.05, 0.1) is 0 Å². The quantitative estimate of drug-likeness (QED) is 0.102. The van der Waals surface area contributed by atoms with Gasteiger partial charge in [-0.25, -0.2) is 0 Å². The zero-order chi connectivity index (χ0) is 22.0. The van der Waals surface area contributed by atoms with Crippen LogP contribution < -0.4 is 0 Å². The summed E-state index contributed by atoms with van der Waals surface area (Å²) in [5.41, 5.74) is 0. The maximum Gasteiger partial charge on any atom is -0.0351 e. The van der Waals surface area contributed by atoms with E-state index in [1.165, 1.54) is 154 Å². The molecule has 0 bridgehead atoms. The zero-order valence-corrected chi connectivity index (χ0v) is 21.7. The van der Waals surface area contributed by atoms with E-state index < -0.39 is 0 Å². The molecule has 30 heavy (non-hydrogen) atoms. The second-order valence-corrected chi connectivity index (χ2v) is 10.1. The predicted molar refractivity (Wildman–Crippen MR) is 140 cm³/mol. The molecule has 180 valence electrons. The first-order valence-corrected chi connectivity index (χ1v) is 14.4. The summed E-state index contributed by atoms with van der Waals surface area (Å²) in [4.78, 5) is 0. The van der Waals surface area contributed by atoms with E-state index in [4.69, 9.17) is 0 Å². The average Bonchev–Trinajstić information content (AvgIpc) is 2.75. The van der Waals surface area contributed by atoms with Crippen LogP contribution in [-0.4, -0.2) is 0 Å². The van der Waals surface area contributed by atoms with Crippen LogP contribution in [0, 0.1) is 5.92 Å². The van der Waals surface area contributed by atoms with Gasteiger partial charge in [0.2, 0.25) is 0 Å². The second kappa shape index (κ2) is 26.8. The van der Waals surface area contributed by atoms with Crippen molar-refractivity contribution in [3.05, 3.63) is 12.2 Å². The Bertz CT molecular complexity index is 316. The van der Waals surface area contributed by atoms with E-state index in [2.05, 4.69) is 32.9 Å². The van der Waals surface area contributed by atoms with Gasteiger partial charge in [0.15, 0.2) is 0 Å². The molecule has 0 saturated carbocycles. The molecule has 0 N–H and O–H groups in total. The second-order valence-electron chi connectivity index (χ2n) is 10.1. The number of hydrogen-bond acceptors (Lipinski definition) is 0. The van der Waals surface area contributed by atoms with Crippen molar-refractivity contribution in [2.24, 2.45) is 5.92 Å². The molecule has 0 nitrogen and oxygen atoms in total. The molecule has 0 aliphatic rings. The first-order chi connectivity index (χ1) is 14.8. The molecule has 0 aliphatic carbocycles. The molecule has 0 aliphatic heterocycles. The standard InChI is InChI=1S/C30H60/c1-4-6-8-10-12-14-16-18-20-22-24-26-28-30(3)29-27-25-23-21-19-17-15-13-11-9-7-5-2/h4,6,30H,5,7-29H2,1-3H3. The van der Waals surface area contributed by atoms with Crippen molar-refractivity contribution in [1.29, 1.82) is 0 Å². The Morgan fingerprint density at radius 2 is 0.800 bits per heavy atom. The summed E-state index contributed by atoms with van der Waals surface area (Å²) in [7, 11) is 0. The molecular formula is C30H60. The van der Waals surface area contributed by atoms with Crippen molar-refractivity contribution in [2.45, 2.75) is 175 Å². The van der Waals surface area contributed by atoms with E-state index in [1.54, 1.807) is 0 Å². The van der Waals surface area contributed by atoms with E-state index >= 15 is 0 Å². The zero-order valence-electron chi connectivity index (χ0n) is 21.7. The molecule has 0 amide bonds. The van der Waals surface area contributed by atoms with Crippen LogP contribution in [0.4, 0.5) is 0 Å². The van der Waals surface area contributed by atoms with Crippen molar-refractivity contribution in [1.82, 2.24) is 0 Å². The molecule has 0 heterocycles. The summed E-state index contributed by atoms with van der Waals surface area (Å²) in [6.07, 6.45) is 39.4. The molecular weight excluding hydrogens is 360 g/mol. The SMILES string of the molecule is CC=CCCCCCCCCCCCC(C)CCCCCCCCCCCCCC. The third-order valence-corrected chi connectivity index (χ3v) is 6.85. The van der Waals surface area contributed by atoms with Crippen molar-refractivity contribution in [3.63, 3.8) is 0 Å². The van der Waals surface area contributed by atoms with E-state index in [0.717, 1.165) is 5.92 Å². The fourth-order valence-electron chi connectivity index (χ4n) is 4.64. The molecule has 0 aromatic heterocycles. The molecule has 0 aromatic rings. The highest BCUT2D eigenvalue weighted by Gasteiger charge is 2.02. The molecule has 0 saturated heterocycles. The van der Waals surface area contributed by atoms with Crippen molar-refractivity contribution < 1.29 is 0 Å². The van der Waals surface area contributed by atoms with Gasteiger partial charge < -0.3 is 0 Å². The van der Waals surface area contributed by atoms with Crippen molar-refractivity contribution in [2.75, 3.05) is 0 Å². The van der Waals surface area contributed by atoms with Crippen LogP contribution in [0.5, 0.6) is 0 Å². The number of rotatable bonds is 25. The number of allylic oxidation sites excluding steroid dienone is 2. The highest BCUT2D eigenvalue weighted by Crippen LogP contribution is 2.19. The van der Waals surface area contributed by atoms with E-state index in [-0.39, 0.29) is 0 Å². The normalized spacial score (nSPS) is 12.8. The van der Waals surface area contributed by atoms with Crippen LogP contribution in [0.2, 0.25) is 0 Å².